The molecule has 0 amide bonds. The maximum absolute atomic E-state index is 12.8. The van der Waals surface area contributed by atoms with Gasteiger partial charge in [0.1, 0.15) is 12.3 Å². The smallest absolute Gasteiger partial charge is 0.416 e. The summed E-state index contributed by atoms with van der Waals surface area (Å²) in [6.45, 7) is 0.363. The molecule has 3 heterocycles. The van der Waals surface area contributed by atoms with Gasteiger partial charge in [0.25, 0.3) is 0 Å². The zero-order valence-electron chi connectivity index (χ0n) is 14.0. The predicted molar refractivity (Wildman–Crippen MR) is 89.9 cm³/mol. The second-order valence-electron chi connectivity index (χ2n) is 5.58. The standard InChI is InChI=1S/C16H11F3N6O2S/c17-16(18,19)11-4-1-3-10(7-11)14-20-13(27-22-14)9-28-15-21-23-24-25(15)8-12-5-2-6-26-12/h1-7H,8-9H2. The number of hydrogen-bond donors (Lipinski definition) is 0. The van der Waals surface area contributed by atoms with Crippen LogP contribution < -0.4 is 0 Å². The minimum absolute atomic E-state index is 0.0804. The fourth-order valence-electron chi connectivity index (χ4n) is 2.34. The molecule has 4 rings (SSSR count). The predicted octanol–water partition coefficient (Wildman–Crippen LogP) is 3.68. The Labute approximate surface area is 159 Å². The molecule has 8 nitrogen and oxygen atoms in total. The van der Waals surface area contributed by atoms with Crippen LogP contribution in [0.2, 0.25) is 0 Å². The van der Waals surface area contributed by atoms with Gasteiger partial charge in [-0.2, -0.15) is 18.2 Å². The van der Waals surface area contributed by atoms with Crippen LogP contribution in [0.15, 0.2) is 56.8 Å². The molecule has 0 aliphatic carbocycles. The van der Waals surface area contributed by atoms with Gasteiger partial charge in [-0.05, 0) is 34.7 Å². The van der Waals surface area contributed by atoms with Crippen LogP contribution in [0.3, 0.4) is 0 Å². The quantitative estimate of drug-likeness (QED) is 0.446. The van der Waals surface area contributed by atoms with Gasteiger partial charge in [0, 0.05) is 5.56 Å². The van der Waals surface area contributed by atoms with E-state index in [1.165, 1.54) is 23.9 Å². The molecule has 0 radical (unpaired) electrons. The molecule has 1 aromatic carbocycles. The van der Waals surface area contributed by atoms with Crippen molar-refractivity contribution in [2.75, 3.05) is 0 Å². The summed E-state index contributed by atoms with van der Waals surface area (Å²) in [5.41, 5.74) is -0.555. The minimum Gasteiger partial charge on any atom is -0.467 e. The van der Waals surface area contributed by atoms with Gasteiger partial charge in [0.05, 0.1) is 17.6 Å². The van der Waals surface area contributed by atoms with E-state index in [1.807, 2.05) is 0 Å². The van der Waals surface area contributed by atoms with Crippen LogP contribution in [0.25, 0.3) is 11.4 Å². The Balaban J connectivity index is 1.45. The van der Waals surface area contributed by atoms with Crippen molar-refractivity contribution in [1.82, 2.24) is 30.3 Å². The molecule has 0 aliphatic heterocycles. The van der Waals surface area contributed by atoms with Gasteiger partial charge in [0.15, 0.2) is 0 Å². The number of aromatic nitrogens is 6. The number of tetrazole rings is 1. The topological polar surface area (TPSA) is 95.7 Å². The molecule has 12 heteroatoms. The molecule has 0 atom stereocenters. The summed E-state index contributed by atoms with van der Waals surface area (Å²) in [7, 11) is 0. The van der Waals surface area contributed by atoms with Crippen molar-refractivity contribution in [2.45, 2.75) is 23.6 Å². The Morgan fingerprint density at radius 3 is 2.82 bits per heavy atom. The highest BCUT2D eigenvalue weighted by Gasteiger charge is 2.30. The summed E-state index contributed by atoms with van der Waals surface area (Å²) in [4.78, 5) is 4.15. The maximum Gasteiger partial charge on any atom is 0.416 e. The average Bonchev–Trinajstić information content (AvgIpc) is 3.42. The second-order valence-corrected chi connectivity index (χ2v) is 6.52. The van der Waals surface area contributed by atoms with E-state index in [1.54, 1.807) is 23.1 Å². The summed E-state index contributed by atoms with van der Waals surface area (Å²) >= 11 is 1.25. The number of hydrogen-bond acceptors (Lipinski definition) is 8. The third kappa shape index (κ3) is 4.06. The first kappa shape index (κ1) is 18.2. The SMILES string of the molecule is FC(F)(F)c1cccc(-c2noc(CSc3nnnn3Cc3ccco3)n2)c1. The van der Waals surface area contributed by atoms with Crippen molar-refractivity contribution in [1.29, 1.82) is 0 Å². The monoisotopic (exact) mass is 408 g/mol. The highest BCUT2D eigenvalue weighted by atomic mass is 32.2. The van der Waals surface area contributed by atoms with Gasteiger partial charge in [0.2, 0.25) is 16.9 Å². The fourth-order valence-corrected chi connectivity index (χ4v) is 3.06. The van der Waals surface area contributed by atoms with Crippen LogP contribution in [0.4, 0.5) is 13.2 Å². The molecule has 3 aromatic heterocycles. The van der Waals surface area contributed by atoms with Gasteiger partial charge in [-0.25, -0.2) is 4.68 Å². The van der Waals surface area contributed by atoms with E-state index in [4.69, 9.17) is 8.94 Å². The number of benzene rings is 1. The molecule has 0 unspecified atom stereocenters. The van der Waals surface area contributed by atoms with Gasteiger partial charge in [-0.15, -0.1) is 5.10 Å². The van der Waals surface area contributed by atoms with Crippen molar-refractivity contribution in [3.63, 3.8) is 0 Å². The first-order valence-corrected chi connectivity index (χ1v) is 8.89. The summed E-state index contributed by atoms with van der Waals surface area (Å²) in [5.74, 6) is 1.27. The maximum atomic E-state index is 12.8. The van der Waals surface area contributed by atoms with Crippen molar-refractivity contribution < 1.29 is 22.1 Å². The van der Waals surface area contributed by atoms with Crippen LogP contribution in [0.1, 0.15) is 17.2 Å². The normalized spacial score (nSPS) is 11.8. The third-order valence-corrected chi connectivity index (χ3v) is 4.57. The summed E-state index contributed by atoms with van der Waals surface area (Å²) in [6, 6.07) is 8.31. The minimum atomic E-state index is -4.44. The van der Waals surface area contributed by atoms with E-state index in [-0.39, 0.29) is 23.0 Å². The van der Waals surface area contributed by atoms with Gasteiger partial charge >= 0.3 is 6.18 Å². The average molecular weight is 408 g/mol. The Hall–Kier alpha value is -3.15. The lowest BCUT2D eigenvalue weighted by Gasteiger charge is -2.06. The molecule has 0 N–H and O–H groups in total. The van der Waals surface area contributed by atoms with Crippen molar-refractivity contribution in [2.24, 2.45) is 0 Å². The van der Waals surface area contributed by atoms with Gasteiger partial charge in [-0.3, -0.25) is 0 Å². The number of nitrogens with zero attached hydrogens (tertiary/aromatic N) is 6. The van der Waals surface area contributed by atoms with Crippen LogP contribution in [0.5, 0.6) is 0 Å². The van der Waals surface area contributed by atoms with Crippen LogP contribution in [-0.4, -0.2) is 30.3 Å². The first-order valence-electron chi connectivity index (χ1n) is 7.90. The van der Waals surface area contributed by atoms with Crippen molar-refractivity contribution in [3.8, 4) is 11.4 Å². The van der Waals surface area contributed by atoms with E-state index < -0.39 is 11.7 Å². The molecule has 0 saturated carbocycles. The molecule has 4 aromatic rings. The third-order valence-electron chi connectivity index (χ3n) is 3.63. The molecular weight excluding hydrogens is 397 g/mol. The molecule has 28 heavy (non-hydrogen) atoms. The van der Waals surface area contributed by atoms with E-state index in [9.17, 15) is 13.2 Å². The number of rotatable bonds is 6. The number of halogens is 3. The molecule has 144 valence electrons. The summed E-state index contributed by atoms with van der Waals surface area (Å²) < 4.78 is 50.5. The Bertz CT molecular complexity index is 1060. The summed E-state index contributed by atoms with van der Waals surface area (Å²) in [5, 5.41) is 15.7. The lowest BCUT2D eigenvalue weighted by molar-refractivity contribution is -0.137. The highest BCUT2D eigenvalue weighted by molar-refractivity contribution is 7.98. The second kappa shape index (κ2) is 7.46. The van der Waals surface area contributed by atoms with Gasteiger partial charge < -0.3 is 8.94 Å². The Kier molecular flexibility index (Phi) is 4.86. The number of furan rings is 1. The van der Waals surface area contributed by atoms with Crippen molar-refractivity contribution in [3.05, 3.63) is 59.9 Å². The molecule has 0 bridgehead atoms. The zero-order chi connectivity index (χ0) is 19.6. The Morgan fingerprint density at radius 2 is 2.04 bits per heavy atom. The Morgan fingerprint density at radius 1 is 1.14 bits per heavy atom. The van der Waals surface area contributed by atoms with Crippen molar-refractivity contribution >= 4 is 11.8 Å². The molecule has 0 spiro atoms. The summed E-state index contributed by atoms with van der Waals surface area (Å²) in [6.07, 6.45) is -2.89. The molecule has 0 aliphatic rings. The van der Waals surface area contributed by atoms with E-state index in [2.05, 4.69) is 25.7 Å². The van der Waals surface area contributed by atoms with E-state index in [0.29, 0.717) is 17.5 Å². The lowest BCUT2D eigenvalue weighted by Crippen LogP contribution is -2.04. The van der Waals surface area contributed by atoms with E-state index in [0.717, 1.165) is 12.1 Å². The van der Waals surface area contributed by atoms with E-state index >= 15 is 0 Å². The number of alkyl halides is 3. The van der Waals surface area contributed by atoms with Crippen LogP contribution in [0, 0.1) is 0 Å². The lowest BCUT2D eigenvalue weighted by atomic mass is 10.1. The zero-order valence-corrected chi connectivity index (χ0v) is 14.8. The highest BCUT2D eigenvalue weighted by Crippen LogP contribution is 2.31. The van der Waals surface area contributed by atoms with Gasteiger partial charge in [-0.1, -0.05) is 29.1 Å². The number of thioether (sulfide) groups is 1. The first-order chi connectivity index (χ1) is 13.5. The van der Waals surface area contributed by atoms with Crippen LogP contribution in [-0.2, 0) is 18.5 Å². The fraction of sp³-hybridized carbons (Fsp3) is 0.188. The molecule has 0 fully saturated rings. The largest absolute Gasteiger partial charge is 0.467 e. The molecular formula is C16H11F3N6O2S. The van der Waals surface area contributed by atoms with Crippen LogP contribution >= 0.6 is 11.8 Å². The molecule has 0 saturated heterocycles.